The van der Waals surface area contributed by atoms with Gasteiger partial charge in [0.15, 0.2) is 0 Å². The number of fused-ring (bicyclic) bond motifs is 1. The van der Waals surface area contributed by atoms with Crippen molar-refractivity contribution in [2.45, 2.75) is 12.5 Å². The minimum Gasteiger partial charge on any atom is -0.488 e. The molecule has 1 N–H and O–H groups in total. The van der Waals surface area contributed by atoms with Gasteiger partial charge in [-0.1, -0.05) is 18.2 Å². The second-order valence-electron chi connectivity index (χ2n) is 3.74. The lowest BCUT2D eigenvalue weighted by molar-refractivity contribution is -0.00532. The maximum atomic E-state index is 5.74. The van der Waals surface area contributed by atoms with E-state index in [2.05, 4.69) is 11.5 Å². The number of hydrogen-bond acceptors (Lipinski definition) is 4. The predicted octanol–water partition coefficient (Wildman–Crippen LogP) is 1.16. The van der Waals surface area contributed by atoms with Gasteiger partial charge in [-0.05, 0) is 11.6 Å². The Morgan fingerprint density at radius 3 is 3.06 bits per heavy atom. The van der Waals surface area contributed by atoms with Crippen molar-refractivity contribution in [2.24, 2.45) is 0 Å². The zero-order valence-electron chi connectivity index (χ0n) is 9.44. The number of benzene rings is 1. The number of hydrogen-bond donors (Lipinski definition) is 1. The molecule has 4 nitrogen and oxygen atoms in total. The van der Waals surface area contributed by atoms with Crippen LogP contribution in [-0.4, -0.2) is 33.0 Å². The molecule has 0 aromatic heterocycles. The van der Waals surface area contributed by atoms with Crippen molar-refractivity contribution in [3.8, 4) is 5.75 Å². The minimum absolute atomic E-state index is 0.167. The maximum Gasteiger partial charge on any atom is 0.123 e. The summed E-state index contributed by atoms with van der Waals surface area (Å²) in [6.07, 6.45) is 1.11. The Kier molecular flexibility index (Phi) is 4.16. The topological polar surface area (TPSA) is 39.7 Å². The Morgan fingerprint density at radius 2 is 2.25 bits per heavy atom. The molecule has 1 unspecified atom stereocenters. The van der Waals surface area contributed by atoms with Gasteiger partial charge in [-0.3, -0.25) is 4.84 Å². The second-order valence-corrected chi connectivity index (χ2v) is 3.74. The first-order chi connectivity index (χ1) is 7.90. The van der Waals surface area contributed by atoms with E-state index in [9.17, 15) is 0 Å². The first kappa shape index (κ1) is 11.4. The Morgan fingerprint density at radius 1 is 1.38 bits per heavy atom. The second kappa shape index (κ2) is 5.84. The van der Waals surface area contributed by atoms with E-state index in [0.717, 1.165) is 12.2 Å². The van der Waals surface area contributed by atoms with E-state index in [-0.39, 0.29) is 6.10 Å². The number of methoxy groups -OCH3 is 1. The van der Waals surface area contributed by atoms with Crippen molar-refractivity contribution in [3.05, 3.63) is 29.8 Å². The summed E-state index contributed by atoms with van der Waals surface area (Å²) >= 11 is 0. The summed E-state index contributed by atoms with van der Waals surface area (Å²) in [5.41, 5.74) is 4.16. The van der Waals surface area contributed by atoms with Crippen molar-refractivity contribution in [2.75, 3.05) is 26.9 Å². The van der Waals surface area contributed by atoms with Crippen molar-refractivity contribution < 1.29 is 14.3 Å². The van der Waals surface area contributed by atoms with Gasteiger partial charge in [0.25, 0.3) is 0 Å². The molecule has 0 spiro atoms. The maximum absolute atomic E-state index is 5.74. The monoisotopic (exact) mass is 223 g/mol. The SMILES string of the molecule is COCCONCC1Cc2ccccc2O1. The predicted molar refractivity (Wildman–Crippen MR) is 60.4 cm³/mol. The van der Waals surface area contributed by atoms with Gasteiger partial charge in [0.1, 0.15) is 11.9 Å². The van der Waals surface area contributed by atoms with Gasteiger partial charge in [0, 0.05) is 13.5 Å². The van der Waals surface area contributed by atoms with Gasteiger partial charge in [0.05, 0.1) is 19.8 Å². The van der Waals surface area contributed by atoms with E-state index in [4.69, 9.17) is 14.3 Å². The highest BCUT2D eigenvalue weighted by atomic mass is 16.7. The van der Waals surface area contributed by atoms with E-state index in [1.54, 1.807) is 7.11 Å². The summed E-state index contributed by atoms with van der Waals surface area (Å²) in [5.74, 6) is 0.992. The Hall–Kier alpha value is -1.10. The zero-order chi connectivity index (χ0) is 11.2. The summed E-state index contributed by atoms with van der Waals surface area (Å²) in [5, 5.41) is 0. The largest absolute Gasteiger partial charge is 0.488 e. The molecule has 88 valence electrons. The van der Waals surface area contributed by atoms with Crippen LogP contribution in [-0.2, 0) is 16.0 Å². The number of hydroxylamine groups is 1. The molecule has 0 saturated heterocycles. The molecule has 1 aliphatic rings. The van der Waals surface area contributed by atoms with Crippen LogP contribution in [0.1, 0.15) is 5.56 Å². The van der Waals surface area contributed by atoms with Gasteiger partial charge >= 0.3 is 0 Å². The van der Waals surface area contributed by atoms with Crippen LogP contribution in [0.4, 0.5) is 0 Å². The molecule has 1 aliphatic heterocycles. The van der Waals surface area contributed by atoms with Crippen molar-refractivity contribution in [3.63, 3.8) is 0 Å². The van der Waals surface area contributed by atoms with Gasteiger partial charge < -0.3 is 9.47 Å². The fraction of sp³-hybridized carbons (Fsp3) is 0.500. The highest BCUT2D eigenvalue weighted by Crippen LogP contribution is 2.27. The molecular weight excluding hydrogens is 206 g/mol. The molecule has 1 atom stereocenters. The van der Waals surface area contributed by atoms with Crippen LogP contribution >= 0.6 is 0 Å². The Labute approximate surface area is 95.5 Å². The standard InChI is InChI=1S/C12H17NO3/c1-14-6-7-15-13-9-11-8-10-4-2-3-5-12(10)16-11/h2-5,11,13H,6-9H2,1H3. The fourth-order valence-corrected chi connectivity index (χ4v) is 1.72. The minimum atomic E-state index is 0.167. The molecule has 1 heterocycles. The van der Waals surface area contributed by atoms with E-state index in [1.165, 1.54) is 5.56 Å². The first-order valence-electron chi connectivity index (χ1n) is 5.48. The van der Waals surface area contributed by atoms with Gasteiger partial charge in [-0.15, -0.1) is 0 Å². The molecule has 0 fully saturated rings. The van der Waals surface area contributed by atoms with E-state index in [0.29, 0.717) is 19.8 Å². The Balaban J connectivity index is 1.67. The van der Waals surface area contributed by atoms with Gasteiger partial charge in [0.2, 0.25) is 0 Å². The third kappa shape index (κ3) is 2.95. The van der Waals surface area contributed by atoms with Gasteiger partial charge in [-0.25, -0.2) is 0 Å². The van der Waals surface area contributed by atoms with Crippen LogP contribution in [0.5, 0.6) is 5.75 Å². The Bertz CT molecular complexity index is 305. The lowest BCUT2D eigenvalue weighted by Crippen LogP contribution is -2.31. The molecule has 0 amide bonds. The molecule has 1 aromatic carbocycles. The van der Waals surface area contributed by atoms with E-state index < -0.39 is 0 Å². The number of rotatable bonds is 6. The van der Waals surface area contributed by atoms with Crippen LogP contribution in [0.2, 0.25) is 0 Å². The zero-order valence-corrected chi connectivity index (χ0v) is 9.44. The first-order valence-corrected chi connectivity index (χ1v) is 5.48. The lowest BCUT2D eigenvalue weighted by Gasteiger charge is -2.11. The van der Waals surface area contributed by atoms with Gasteiger partial charge in [-0.2, -0.15) is 5.48 Å². The van der Waals surface area contributed by atoms with Crippen molar-refractivity contribution >= 4 is 0 Å². The smallest absolute Gasteiger partial charge is 0.123 e. The number of nitrogens with one attached hydrogen (secondary N) is 1. The van der Waals surface area contributed by atoms with Crippen LogP contribution in [0, 0.1) is 0 Å². The highest BCUT2D eigenvalue weighted by Gasteiger charge is 2.21. The average molecular weight is 223 g/mol. The molecule has 0 radical (unpaired) electrons. The van der Waals surface area contributed by atoms with E-state index in [1.807, 2.05) is 18.2 Å². The fourth-order valence-electron chi connectivity index (χ4n) is 1.72. The summed E-state index contributed by atoms with van der Waals surface area (Å²) in [4.78, 5) is 5.18. The molecule has 1 aromatic rings. The molecule has 0 saturated carbocycles. The quantitative estimate of drug-likeness (QED) is 0.580. The lowest BCUT2D eigenvalue weighted by atomic mass is 10.1. The van der Waals surface area contributed by atoms with Crippen molar-refractivity contribution in [1.82, 2.24) is 5.48 Å². The number of ether oxygens (including phenoxy) is 2. The molecule has 0 aliphatic carbocycles. The summed E-state index contributed by atoms with van der Waals surface area (Å²) in [6, 6.07) is 8.12. The molecule has 4 heteroatoms. The number of para-hydroxylation sites is 1. The average Bonchev–Trinajstić information content (AvgIpc) is 2.71. The summed E-state index contributed by atoms with van der Waals surface area (Å²) in [6.45, 7) is 1.84. The molecule has 16 heavy (non-hydrogen) atoms. The van der Waals surface area contributed by atoms with Crippen LogP contribution in [0.3, 0.4) is 0 Å². The van der Waals surface area contributed by atoms with Crippen LogP contribution in [0.15, 0.2) is 24.3 Å². The third-order valence-corrected chi connectivity index (χ3v) is 2.52. The molecule has 0 bridgehead atoms. The van der Waals surface area contributed by atoms with Crippen LogP contribution in [0.25, 0.3) is 0 Å². The van der Waals surface area contributed by atoms with E-state index >= 15 is 0 Å². The van der Waals surface area contributed by atoms with Crippen LogP contribution < -0.4 is 10.2 Å². The molecule has 2 rings (SSSR count). The summed E-state index contributed by atoms with van der Waals surface area (Å²) < 4.78 is 10.6. The summed E-state index contributed by atoms with van der Waals surface area (Å²) in [7, 11) is 1.65. The molecular formula is C12H17NO3. The third-order valence-electron chi connectivity index (χ3n) is 2.52. The normalized spacial score (nSPS) is 18.2. The van der Waals surface area contributed by atoms with Crippen molar-refractivity contribution in [1.29, 1.82) is 0 Å². The highest BCUT2D eigenvalue weighted by molar-refractivity contribution is 5.37.